The van der Waals surface area contributed by atoms with Gasteiger partial charge >= 0.3 is 5.97 Å². The molecule has 2 N–H and O–H groups in total. The number of anilines is 1. The second-order valence-electron chi connectivity index (χ2n) is 4.51. The monoisotopic (exact) mass is 406 g/mol. The molecule has 0 saturated carbocycles. The van der Waals surface area contributed by atoms with Crippen LogP contribution >= 0.6 is 15.9 Å². The number of hydrogen-bond donors (Lipinski definition) is 2. The van der Waals surface area contributed by atoms with Crippen molar-refractivity contribution in [1.29, 1.82) is 5.26 Å². The zero-order valence-corrected chi connectivity index (χ0v) is 15.8. The first-order chi connectivity index (χ1) is 11.9. The van der Waals surface area contributed by atoms with E-state index in [-0.39, 0.29) is 16.8 Å². The summed E-state index contributed by atoms with van der Waals surface area (Å²) in [5.41, 5.74) is 0.549. The zero-order chi connectivity index (χ0) is 19.4. The first kappa shape index (κ1) is 22.1. The third-order valence-electron chi connectivity index (χ3n) is 2.88. The topological polar surface area (TPSA) is 99.4 Å². The Labute approximate surface area is 155 Å². The van der Waals surface area contributed by atoms with Crippen molar-refractivity contribution in [3.63, 3.8) is 0 Å². The van der Waals surface area contributed by atoms with Crippen LogP contribution in [0.15, 0.2) is 54.3 Å². The van der Waals surface area contributed by atoms with E-state index in [1.54, 1.807) is 25.2 Å². The molecule has 25 heavy (non-hydrogen) atoms. The van der Waals surface area contributed by atoms with E-state index in [0.717, 1.165) is 0 Å². The van der Waals surface area contributed by atoms with E-state index in [1.165, 1.54) is 25.3 Å². The molecular formula is C18H19BrN2O4. The van der Waals surface area contributed by atoms with Crippen LogP contribution in [0.25, 0.3) is 0 Å². The molecule has 0 unspecified atom stereocenters. The summed E-state index contributed by atoms with van der Waals surface area (Å²) in [5, 5.41) is 20.5. The Kier molecular flexibility index (Phi) is 10.3. The summed E-state index contributed by atoms with van der Waals surface area (Å²) in [6.45, 7) is 5.18. The van der Waals surface area contributed by atoms with E-state index in [9.17, 15) is 9.59 Å². The van der Waals surface area contributed by atoms with Crippen molar-refractivity contribution in [1.82, 2.24) is 0 Å². The Hall–Kier alpha value is -2.85. The first-order valence-corrected chi connectivity index (χ1v) is 8.52. The number of carboxylic acids is 1. The number of carboxylic acid groups (broad SMARTS) is 1. The maximum absolute atomic E-state index is 12.1. The fourth-order valence-corrected chi connectivity index (χ4v) is 1.56. The number of carbonyl (C=O) groups excluding carboxylic acids is 1. The van der Waals surface area contributed by atoms with Crippen LogP contribution in [0.2, 0.25) is 0 Å². The third kappa shape index (κ3) is 7.50. The zero-order valence-electron chi connectivity index (χ0n) is 14.2. The number of allylic oxidation sites excluding steroid dienone is 3. The van der Waals surface area contributed by atoms with Gasteiger partial charge in [0, 0.05) is 5.57 Å². The SMILES string of the molecule is C=C(/C=C\C=C(/C)C(=O)Nc1ccc(C#N)cc1C(=O)O)OC.CBr. The minimum Gasteiger partial charge on any atom is -0.497 e. The van der Waals surface area contributed by atoms with Crippen molar-refractivity contribution in [2.24, 2.45) is 0 Å². The van der Waals surface area contributed by atoms with Crippen LogP contribution in [0.5, 0.6) is 0 Å². The van der Waals surface area contributed by atoms with Crippen molar-refractivity contribution in [2.75, 3.05) is 18.3 Å². The van der Waals surface area contributed by atoms with Crippen LogP contribution in [-0.2, 0) is 9.53 Å². The van der Waals surface area contributed by atoms with Gasteiger partial charge in [-0.25, -0.2) is 4.79 Å². The highest BCUT2D eigenvalue weighted by atomic mass is 79.9. The molecule has 0 bridgehead atoms. The maximum Gasteiger partial charge on any atom is 0.337 e. The predicted octanol–water partition coefficient (Wildman–Crippen LogP) is 3.87. The lowest BCUT2D eigenvalue weighted by atomic mass is 10.1. The Morgan fingerprint density at radius 2 is 2.04 bits per heavy atom. The quantitative estimate of drug-likeness (QED) is 0.323. The molecule has 0 aliphatic heterocycles. The van der Waals surface area contributed by atoms with E-state index in [2.05, 4.69) is 27.8 Å². The molecule has 0 aromatic heterocycles. The van der Waals surface area contributed by atoms with Gasteiger partial charge in [0.2, 0.25) is 0 Å². The minimum atomic E-state index is -1.23. The lowest BCUT2D eigenvalue weighted by molar-refractivity contribution is -0.112. The molecule has 0 radical (unpaired) electrons. The number of nitriles is 1. The molecule has 1 aromatic rings. The molecule has 0 atom stereocenters. The second-order valence-corrected chi connectivity index (χ2v) is 4.51. The van der Waals surface area contributed by atoms with Gasteiger partial charge in [0.05, 0.1) is 30.0 Å². The van der Waals surface area contributed by atoms with Gasteiger partial charge in [0.1, 0.15) is 5.76 Å². The van der Waals surface area contributed by atoms with Crippen LogP contribution in [-0.4, -0.2) is 29.9 Å². The fourth-order valence-electron chi connectivity index (χ4n) is 1.56. The van der Waals surface area contributed by atoms with E-state index >= 15 is 0 Å². The van der Waals surface area contributed by atoms with Crippen LogP contribution in [0.4, 0.5) is 5.69 Å². The summed E-state index contributed by atoms with van der Waals surface area (Å²) in [6.07, 6.45) is 4.72. The van der Waals surface area contributed by atoms with Gasteiger partial charge in [-0.2, -0.15) is 5.26 Å². The molecule has 1 amide bonds. The van der Waals surface area contributed by atoms with Gasteiger partial charge in [-0.05, 0) is 37.0 Å². The van der Waals surface area contributed by atoms with Crippen LogP contribution in [0.1, 0.15) is 22.8 Å². The standard InChI is InChI=1S/C17H16N2O4.CH3Br/c1-11(5-4-6-12(2)23-3)16(20)19-15-8-7-13(10-18)9-14(15)17(21)22;1-2/h4-9H,2H2,1,3H3,(H,19,20)(H,21,22);1H3/b6-4-,11-5+;. The van der Waals surface area contributed by atoms with Crippen molar-refractivity contribution in [2.45, 2.75) is 6.92 Å². The highest BCUT2D eigenvalue weighted by molar-refractivity contribution is 9.08. The number of carbonyl (C=O) groups is 2. The number of nitrogens with one attached hydrogen (secondary N) is 1. The van der Waals surface area contributed by atoms with Crippen molar-refractivity contribution < 1.29 is 19.4 Å². The number of rotatable bonds is 6. The third-order valence-corrected chi connectivity index (χ3v) is 2.88. The number of methoxy groups -OCH3 is 1. The second kappa shape index (κ2) is 11.6. The number of halogens is 1. The minimum absolute atomic E-state index is 0.125. The number of ether oxygens (including phenoxy) is 1. The summed E-state index contributed by atoms with van der Waals surface area (Å²) in [5.74, 6) is 0.572. The van der Waals surface area contributed by atoms with E-state index in [0.29, 0.717) is 11.3 Å². The van der Waals surface area contributed by atoms with Gasteiger partial charge in [0.25, 0.3) is 5.91 Å². The number of nitrogens with zero attached hydrogens (tertiary/aromatic N) is 1. The normalized spacial score (nSPS) is 10.3. The number of benzene rings is 1. The predicted molar refractivity (Wildman–Crippen MR) is 101 cm³/mol. The summed E-state index contributed by atoms with van der Waals surface area (Å²) in [7, 11) is 1.48. The number of aromatic carboxylic acids is 1. The van der Waals surface area contributed by atoms with Crippen LogP contribution in [0, 0.1) is 11.3 Å². The molecule has 1 rings (SSSR count). The molecule has 6 nitrogen and oxygen atoms in total. The highest BCUT2D eigenvalue weighted by Crippen LogP contribution is 2.18. The molecule has 0 aliphatic rings. The fraction of sp³-hybridized carbons (Fsp3) is 0.167. The van der Waals surface area contributed by atoms with Crippen molar-refractivity contribution in [3.8, 4) is 6.07 Å². The summed E-state index contributed by atoms with van der Waals surface area (Å²) in [6, 6.07) is 5.88. The molecule has 0 fully saturated rings. The molecule has 0 heterocycles. The van der Waals surface area contributed by atoms with Crippen molar-refractivity contribution >= 4 is 33.5 Å². The lowest BCUT2D eigenvalue weighted by Crippen LogP contribution is -2.15. The summed E-state index contributed by atoms with van der Waals surface area (Å²) < 4.78 is 4.85. The molecular weight excluding hydrogens is 388 g/mol. The largest absolute Gasteiger partial charge is 0.497 e. The molecule has 0 aliphatic carbocycles. The van der Waals surface area contributed by atoms with Crippen LogP contribution in [0.3, 0.4) is 0 Å². The lowest BCUT2D eigenvalue weighted by Gasteiger charge is -2.08. The number of amides is 1. The first-order valence-electron chi connectivity index (χ1n) is 6.93. The van der Waals surface area contributed by atoms with Gasteiger partial charge in [-0.3, -0.25) is 4.79 Å². The van der Waals surface area contributed by atoms with Gasteiger partial charge in [-0.15, -0.1) is 0 Å². The summed E-state index contributed by atoms with van der Waals surface area (Å²) >= 11 is 2.94. The Morgan fingerprint density at radius 3 is 2.56 bits per heavy atom. The Bertz CT molecular complexity index is 746. The van der Waals surface area contributed by atoms with Crippen LogP contribution < -0.4 is 5.32 Å². The Morgan fingerprint density at radius 1 is 1.40 bits per heavy atom. The average molecular weight is 407 g/mol. The van der Waals surface area contributed by atoms with E-state index in [4.69, 9.17) is 15.1 Å². The average Bonchev–Trinajstić information content (AvgIpc) is 2.63. The highest BCUT2D eigenvalue weighted by Gasteiger charge is 2.14. The number of alkyl halides is 1. The van der Waals surface area contributed by atoms with Gasteiger partial charge in [0.15, 0.2) is 0 Å². The van der Waals surface area contributed by atoms with Gasteiger partial charge in [-0.1, -0.05) is 34.7 Å². The maximum atomic E-state index is 12.1. The van der Waals surface area contributed by atoms with Crippen molar-refractivity contribution in [3.05, 3.63) is 65.5 Å². The molecule has 0 spiro atoms. The smallest absolute Gasteiger partial charge is 0.337 e. The Balaban J connectivity index is 0.00000277. The molecule has 132 valence electrons. The molecule has 0 saturated heterocycles. The molecule has 7 heteroatoms. The van der Waals surface area contributed by atoms with E-state index in [1.807, 2.05) is 11.9 Å². The van der Waals surface area contributed by atoms with E-state index < -0.39 is 11.9 Å². The number of hydrogen-bond acceptors (Lipinski definition) is 4. The molecule has 1 aromatic carbocycles. The van der Waals surface area contributed by atoms with Gasteiger partial charge < -0.3 is 15.2 Å². The summed E-state index contributed by atoms with van der Waals surface area (Å²) in [4.78, 5) is 23.3.